The molecule has 33 heavy (non-hydrogen) atoms. The average molecular weight is 470 g/mol. The van der Waals surface area contributed by atoms with Crippen LogP contribution < -0.4 is 5.32 Å². The van der Waals surface area contributed by atoms with Gasteiger partial charge in [0.15, 0.2) is 0 Å². The second-order valence-corrected chi connectivity index (χ2v) is 14.6. The summed E-state index contributed by atoms with van der Waals surface area (Å²) in [5.41, 5.74) is 5.22. The molecular weight excluding hydrogens is 429 g/mol. The van der Waals surface area contributed by atoms with Gasteiger partial charge in [0.05, 0.1) is 0 Å². The van der Waals surface area contributed by atoms with E-state index in [4.69, 9.17) is 4.74 Å². The number of esters is 1. The van der Waals surface area contributed by atoms with Crippen molar-refractivity contribution < 1.29 is 14.3 Å². The van der Waals surface area contributed by atoms with Gasteiger partial charge in [0, 0.05) is 0 Å². The van der Waals surface area contributed by atoms with Crippen LogP contribution in [-0.2, 0) is 20.9 Å². The summed E-state index contributed by atoms with van der Waals surface area (Å²) >= 11 is 0. The molecular formula is C28H40NO3P. The molecule has 1 saturated heterocycles. The molecule has 1 heterocycles. The Bertz CT molecular complexity index is 926. The predicted molar refractivity (Wildman–Crippen MR) is 141 cm³/mol. The zero-order valence-electron chi connectivity index (χ0n) is 20.7. The molecule has 4 nitrogen and oxygen atoms in total. The monoisotopic (exact) mass is 469 g/mol. The van der Waals surface area contributed by atoms with E-state index in [0.717, 1.165) is 54.0 Å². The minimum absolute atomic E-state index is 0.0834. The van der Waals surface area contributed by atoms with Gasteiger partial charge in [0.2, 0.25) is 0 Å². The van der Waals surface area contributed by atoms with E-state index < -0.39 is 7.26 Å². The predicted octanol–water partition coefficient (Wildman–Crippen LogP) is 6.40. The van der Waals surface area contributed by atoms with Crippen LogP contribution >= 0.6 is 7.26 Å². The third kappa shape index (κ3) is 6.67. The topological polar surface area (TPSA) is 55.4 Å². The molecule has 3 rings (SSSR count). The molecule has 1 aliphatic heterocycles. The van der Waals surface area contributed by atoms with Gasteiger partial charge in [0.25, 0.3) is 0 Å². The van der Waals surface area contributed by atoms with Crippen molar-refractivity contribution in [3.8, 4) is 0 Å². The maximum absolute atomic E-state index is 13.7. The van der Waals surface area contributed by atoms with E-state index in [1.54, 1.807) is 0 Å². The van der Waals surface area contributed by atoms with Crippen LogP contribution in [0.15, 0.2) is 42.5 Å². The first-order valence-electron chi connectivity index (χ1n) is 12.4. The molecule has 1 aliphatic rings. The molecule has 1 unspecified atom stereocenters. The van der Waals surface area contributed by atoms with Gasteiger partial charge in [-0.3, -0.25) is 0 Å². The molecule has 1 fully saturated rings. The maximum atomic E-state index is 13.7. The number of ether oxygens (including phenoxy) is 1. The van der Waals surface area contributed by atoms with Crippen molar-refractivity contribution in [3.05, 3.63) is 64.7 Å². The van der Waals surface area contributed by atoms with Crippen molar-refractivity contribution in [2.45, 2.75) is 72.1 Å². The number of hydrogen-bond acceptors (Lipinski definition) is 3. The third-order valence-electron chi connectivity index (χ3n) is 7.23. The molecule has 1 atom stereocenters. The van der Waals surface area contributed by atoms with Gasteiger partial charge in [-0.1, -0.05) is 0 Å². The van der Waals surface area contributed by atoms with Crippen molar-refractivity contribution in [2.75, 3.05) is 23.8 Å². The van der Waals surface area contributed by atoms with E-state index in [-0.39, 0.29) is 17.5 Å². The number of rotatable bonds is 8. The molecule has 2 aromatic carbocycles. The molecule has 0 bridgehead atoms. The number of carbonyl (C=O) groups excluding carboxylic acids is 2. The first-order valence-corrected chi connectivity index (χ1v) is 15.1. The molecule has 0 spiro atoms. The van der Waals surface area contributed by atoms with Gasteiger partial charge in [-0.15, -0.1) is 0 Å². The Morgan fingerprint density at radius 3 is 2.15 bits per heavy atom. The summed E-state index contributed by atoms with van der Waals surface area (Å²) < 4.78 is 5.70. The fourth-order valence-electron chi connectivity index (χ4n) is 5.64. The first-order chi connectivity index (χ1) is 15.8. The number of benzene rings is 2. The van der Waals surface area contributed by atoms with Crippen molar-refractivity contribution in [1.82, 2.24) is 0 Å². The SMILES string of the molecule is CCC(C(=O)Nc1c(C)cc(C)cc1C)[PH]1(CC(=O)OCc2ccccc2)CCCCCC1. The Morgan fingerprint density at radius 2 is 1.58 bits per heavy atom. The fourth-order valence-corrected chi connectivity index (χ4v) is 11.3. The van der Waals surface area contributed by atoms with E-state index in [1.807, 2.05) is 30.3 Å². The number of anilines is 1. The van der Waals surface area contributed by atoms with Crippen LogP contribution in [0.25, 0.3) is 0 Å². The fraction of sp³-hybridized carbons (Fsp3) is 0.500. The Hall–Kier alpha value is -2.19. The van der Waals surface area contributed by atoms with Gasteiger partial charge in [-0.25, -0.2) is 0 Å². The van der Waals surface area contributed by atoms with E-state index in [0.29, 0.717) is 12.8 Å². The quantitative estimate of drug-likeness (QED) is 0.360. The second kappa shape index (κ2) is 11.8. The van der Waals surface area contributed by atoms with E-state index in [2.05, 4.69) is 45.1 Å². The number of amides is 1. The molecule has 0 saturated carbocycles. The first kappa shape index (κ1) is 25.4. The molecule has 0 radical (unpaired) electrons. The van der Waals surface area contributed by atoms with Gasteiger partial charge >= 0.3 is 200 Å². The van der Waals surface area contributed by atoms with Crippen LogP contribution in [0.1, 0.15) is 61.3 Å². The summed E-state index contributed by atoms with van der Waals surface area (Å²) in [5, 5.41) is 3.27. The van der Waals surface area contributed by atoms with Crippen LogP contribution in [0.3, 0.4) is 0 Å². The van der Waals surface area contributed by atoms with Crippen molar-refractivity contribution >= 4 is 24.8 Å². The van der Waals surface area contributed by atoms with Gasteiger partial charge in [-0.05, 0) is 0 Å². The normalized spacial score (nSPS) is 17.5. The zero-order valence-corrected chi connectivity index (χ0v) is 21.7. The second-order valence-electron chi connectivity index (χ2n) is 9.82. The van der Waals surface area contributed by atoms with E-state index in [9.17, 15) is 9.59 Å². The summed E-state index contributed by atoms with van der Waals surface area (Å²) in [7, 11) is -2.21. The number of hydrogen-bond donors (Lipinski definition) is 1. The van der Waals surface area contributed by atoms with Gasteiger partial charge in [0.1, 0.15) is 0 Å². The van der Waals surface area contributed by atoms with E-state index >= 15 is 0 Å². The zero-order chi connectivity index (χ0) is 23.8. The Kier molecular flexibility index (Phi) is 9.09. The molecule has 1 N–H and O–H groups in total. The third-order valence-corrected chi connectivity index (χ3v) is 13.1. The minimum atomic E-state index is -2.21. The Morgan fingerprint density at radius 1 is 0.970 bits per heavy atom. The average Bonchev–Trinajstić information content (AvgIpc) is 3.02. The summed E-state index contributed by atoms with van der Waals surface area (Å²) in [6.45, 7) is 8.59. The van der Waals surface area contributed by atoms with Gasteiger partial charge < -0.3 is 0 Å². The molecule has 0 aliphatic carbocycles. The van der Waals surface area contributed by atoms with Crippen LogP contribution in [0.5, 0.6) is 0 Å². The van der Waals surface area contributed by atoms with Crippen molar-refractivity contribution in [3.63, 3.8) is 0 Å². The van der Waals surface area contributed by atoms with Crippen LogP contribution in [0, 0.1) is 20.8 Å². The van der Waals surface area contributed by atoms with Crippen LogP contribution in [-0.4, -0.2) is 36.0 Å². The molecule has 0 aromatic heterocycles. The number of carbonyl (C=O) groups is 2. The summed E-state index contributed by atoms with van der Waals surface area (Å²) in [5.74, 6) is -0.0432. The Labute approximate surface area is 199 Å². The van der Waals surface area contributed by atoms with Crippen LogP contribution in [0.2, 0.25) is 0 Å². The standard InChI is InChI=1S/C28H40NO3P/c1-5-25(28(31)29-27-22(3)17-21(2)18-23(27)4)33(15-11-6-7-12-16-33)20-26(30)32-19-24-13-9-8-10-14-24/h8-10,13-14,17-18,25,33H,5-7,11-12,15-16,19-20H2,1-4H3,(H,29,31). The molecule has 180 valence electrons. The molecule has 2 aromatic rings. The Balaban J connectivity index is 1.79. The number of nitrogens with one attached hydrogen (secondary N) is 1. The summed E-state index contributed by atoms with van der Waals surface area (Å²) in [6.07, 6.45) is 7.90. The van der Waals surface area contributed by atoms with E-state index in [1.165, 1.54) is 18.4 Å². The number of aryl methyl sites for hydroxylation is 3. The molecule has 5 heteroatoms. The van der Waals surface area contributed by atoms with Crippen LogP contribution in [0.4, 0.5) is 5.69 Å². The summed E-state index contributed by atoms with van der Waals surface area (Å²) in [6, 6.07) is 14.0. The summed E-state index contributed by atoms with van der Waals surface area (Å²) in [4.78, 5) is 26.7. The van der Waals surface area contributed by atoms with Crippen molar-refractivity contribution in [2.24, 2.45) is 0 Å². The van der Waals surface area contributed by atoms with Crippen molar-refractivity contribution in [1.29, 1.82) is 0 Å². The molecule has 1 amide bonds. The van der Waals surface area contributed by atoms with Gasteiger partial charge in [-0.2, -0.15) is 0 Å².